The lowest BCUT2D eigenvalue weighted by atomic mass is 9.94. The molecule has 5 nitrogen and oxygen atoms in total. The molecule has 2 aromatic rings. The number of fused-ring (bicyclic) bond motifs is 1. The van der Waals surface area contributed by atoms with Crippen LogP contribution in [0.2, 0.25) is 0 Å². The third-order valence-electron chi connectivity index (χ3n) is 4.03. The minimum Gasteiger partial charge on any atom is -0.369 e. The second kappa shape index (κ2) is 5.93. The Hall–Kier alpha value is -1.40. The third kappa shape index (κ3) is 3.02. The van der Waals surface area contributed by atoms with Crippen LogP contribution in [0.15, 0.2) is 11.4 Å². The fourth-order valence-electron chi connectivity index (χ4n) is 2.75. The number of hydrogen-bond acceptors (Lipinski definition) is 6. The van der Waals surface area contributed by atoms with Gasteiger partial charge in [0.25, 0.3) is 0 Å². The lowest BCUT2D eigenvalue weighted by Crippen LogP contribution is -2.30. The Morgan fingerprint density at radius 1 is 1.40 bits per heavy atom. The molecule has 2 aromatic heterocycles. The van der Waals surface area contributed by atoms with Gasteiger partial charge in [-0.1, -0.05) is 0 Å². The molecule has 0 saturated carbocycles. The quantitative estimate of drug-likeness (QED) is 0.905. The van der Waals surface area contributed by atoms with Crippen LogP contribution >= 0.6 is 11.3 Å². The van der Waals surface area contributed by atoms with Crippen molar-refractivity contribution in [1.29, 1.82) is 0 Å². The summed E-state index contributed by atoms with van der Waals surface area (Å²) in [7, 11) is 2.20. The summed E-state index contributed by atoms with van der Waals surface area (Å²) in [5.74, 6) is 2.05. The molecule has 0 aromatic carbocycles. The fourth-order valence-corrected chi connectivity index (χ4v) is 3.52. The molecule has 0 aliphatic carbocycles. The van der Waals surface area contributed by atoms with Crippen molar-refractivity contribution in [3.05, 3.63) is 11.4 Å². The minimum atomic E-state index is 0.349. The molecule has 1 saturated heterocycles. The first-order valence-electron chi connectivity index (χ1n) is 7.15. The number of hydrogen-bond donors (Lipinski definition) is 2. The maximum Gasteiger partial charge on any atom is 0.223 e. The number of rotatable bonds is 4. The van der Waals surface area contributed by atoms with Gasteiger partial charge in [-0.3, -0.25) is 0 Å². The minimum absolute atomic E-state index is 0.349. The van der Waals surface area contributed by atoms with Crippen LogP contribution in [-0.2, 0) is 0 Å². The summed E-state index contributed by atoms with van der Waals surface area (Å²) in [4.78, 5) is 11.9. The summed E-state index contributed by atoms with van der Waals surface area (Å²) in [5.41, 5.74) is 5.75. The zero-order valence-electron chi connectivity index (χ0n) is 11.8. The van der Waals surface area contributed by atoms with Gasteiger partial charge in [0, 0.05) is 6.54 Å². The van der Waals surface area contributed by atoms with Gasteiger partial charge in [-0.2, -0.15) is 4.98 Å². The summed E-state index contributed by atoms with van der Waals surface area (Å²) in [6, 6.07) is 2.05. The Labute approximate surface area is 123 Å². The Bertz CT molecular complexity index is 574. The number of aromatic nitrogens is 2. The topological polar surface area (TPSA) is 67.1 Å². The maximum absolute atomic E-state index is 5.75. The maximum atomic E-state index is 5.75. The summed E-state index contributed by atoms with van der Waals surface area (Å²) >= 11 is 1.60. The highest BCUT2D eigenvalue weighted by Gasteiger charge is 2.16. The molecule has 1 fully saturated rings. The smallest absolute Gasteiger partial charge is 0.223 e. The van der Waals surface area contributed by atoms with Gasteiger partial charge in [-0.05, 0) is 56.8 Å². The van der Waals surface area contributed by atoms with Gasteiger partial charge < -0.3 is 16.0 Å². The molecular formula is C14H21N5S. The Morgan fingerprint density at radius 2 is 2.20 bits per heavy atom. The van der Waals surface area contributed by atoms with Gasteiger partial charge >= 0.3 is 0 Å². The fraction of sp³-hybridized carbons (Fsp3) is 0.571. The molecule has 1 aliphatic rings. The van der Waals surface area contributed by atoms with E-state index >= 15 is 0 Å². The highest BCUT2D eigenvalue weighted by molar-refractivity contribution is 7.16. The first-order chi connectivity index (χ1) is 9.72. The summed E-state index contributed by atoms with van der Waals surface area (Å²) < 4.78 is 0. The number of nitrogens with zero attached hydrogens (tertiary/aromatic N) is 3. The van der Waals surface area contributed by atoms with E-state index in [2.05, 4.69) is 33.3 Å². The number of anilines is 2. The van der Waals surface area contributed by atoms with E-state index in [0.717, 1.165) is 28.5 Å². The molecule has 0 amide bonds. The van der Waals surface area contributed by atoms with Crippen molar-refractivity contribution in [3.8, 4) is 0 Å². The third-order valence-corrected chi connectivity index (χ3v) is 4.83. The second-order valence-electron chi connectivity index (χ2n) is 5.53. The number of thiophene rings is 1. The molecule has 0 bridgehead atoms. The molecule has 1 aliphatic heterocycles. The highest BCUT2D eigenvalue weighted by atomic mass is 32.1. The van der Waals surface area contributed by atoms with Crippen molar-refractivity contribution in [2.24, 2.45) is 5.92 Å². The van der Waals surface area contributed by atoms with Crippen molar-refractivity contribution in [2.75, 3.05) is 37.7 Å². The number of likely N-dealkylation sites (tertiary alicyclic amines) is 1. The van der Waals surface area contributed by atoms with Crippen molar-refractivity contribution in [1.82, 2.24) is 14.9 Å². The molecule has 0 radical (unpaired) electrons. The average molecular weight is 291 g/mol. The number of piperidine rings is 1. The predicted molar refractivity (Wildman–Crippen MR) is 85.2 cm³/mol. The lowest BCUT2D eigenvalue weighted by molar-refractivity contribution is 0.215. The van der Waals surface area contributed by atoms with Crippen molar-refractivity contribution >= 4 is 33.3 Å². The Kier molecular flexibility index (Phi) is 4.03. The first-order valence-corrected chi connectivity index (χ1v) is 8.03. The van der Waals surface area contributed by atoms with E-state index in [-0.39, 0.29) is 0 Å². The molecule has 0 atom stereocenters. The molecule has 20 heavy (non-hydrogen) atoms. The van der Waals surface area contributed by atoms with Gasteiger partial charge in [0.05, 0.1) is 5.39 Å². The summed E-state index contributed by atoms with van der Waals surface area (Å²) in [6.07, 6.45) is 3.80. The SMILES string of the molecule is CN1CCC(CCNc2nc(N)nc3sccc23)CC1. The second-order valence-corrected chi connectivity index (χ2v) is 6.43. The van der Waals surface area contributed by atoms with Crippen LogP contribution in [0.5, 0.6) is 0 Å². The number of nitrogen functional groups attached to an aromatic ring is 1. The van der Waals surface area contributed by atoms with Gasteiger partial charge in [0.2, 0.25) is 5.95 Å². The van der Waals surface area contributed by atoms with E-state index in [1.165, 1.54) is 32.4 Å². The van der Waals surface area contributed by atoms with Crippen LogP contribution in [0.25, 0.3) is 10.2 Å². The largest absolute Gasteiger partial charge is 0.369 e. The standard InChI is InChI=1S/C14H21N5S/c1-19-7-3-10(4-8-19)2-6-16-12-11-5-9-20-13(11)18-14(15)17-12/h5,9-10H,2-4,6-8H2,1H3,(H3,15,16,17,18). The van der Waals surface area contributed by atoms with Gasteiger partial charge in [-0.25, -0.2) is 4.98 Å². The monoisotopic (exact) mass is 291 g/mol. The van der Waals surface area contributed by atoms with Gasteiger partial charge in [0.15, 0.2) is 0 Å². The highest BCUT2D eigenvalue weighted by Crippen LogP contribution is 2.26. The zero-order chi connectivity index (χ0) is 13.9. The van der Waals surface area contributed by atoms with Crippen molar-refractivity contribution < 1.29 is 0 Å². The first kappa shape index (κ1) is 13.6. The van der Waals surface area contributed by atoms with Crippen molar-refractivity contribution in [2.45, 2.75) is 19.3 Å². The summed E-state index contributed by atoms with van der Waals surface area (Å²) in [5, 5.41) is 6.54. The van der Waals surface area contributed by atoms with Crippen molar-refractivity contribution in [3.63, 3.8) is 0 Å². The molecule has 6 heteroatoms. The molecule has 0 spiro atoms. The van der Waals surface area contributed by atoms with Gasteiger partial charge in [0.1, 0.15) is 10.6 Å². The van der Waals surface area contributed by atoms with E-state index in [9.17, 15) is 0 Å². The molecule has 3 heterocycles. The average Bonchev–Trinajstić information content (AvgIpc) is 2.89. The Morgan fingerprint density at radius 3 is 3.00 bits per heavy atom. The summed E-state index contributed by atoms with van der Waals surface area (Å²) in [6.45, 7) is 3.40. The van der Waals surface area contributed by atoms with E-state index in [1.807, 2.05) is 5.38 Å². The normalized spacial score (nSPS) is 17.6. The lowest BCUT2D eigenvalue weighted by Gasteiger charge is -2.28. The molecule has 108 valence electrons. The van der Waals surface area contributed by atoms with Crippen LogP contribution in [0, 0.1) is 5.92 Å². The van der Waals surface area contributed by atoms with Gasteiger partial charge in [-0.15, -0.1) is 11.3 Å². The van der Waals surface area contributed by atoms with E-state index in [4.69, 9.17) is 5.73 Å². The Balaban J connectivity index is 1.58. The molecular weight excluding hydrogens is 270 g/mol. The van der Waals surface area contributed by atoms with E-state index in [1.54, 1.807) is 11.3 Å². The number of nitrogens with one attached hydrogen (secondary N) is 1. The van der Waals surface area contributed by atoms with Crippen LogP contribution in [0.3, 0.4) is 0 Å². The molecule has 3 N–H and O–H groups in total. The van der Waals surface area contributed by atoms with Crippen LogP contribution < -0.4 is 11.1 Å². The zero-order valence-corrected chi connectivity index (χ0v) is 12.6. The van der Waals surface area contributed by atoms with Crippen LogP contribution in [0.1, 0.15) is 19.3 Å². The van der Waals surface area contributed by atoms with Crippen LogP contribution in [-0.4, -0.2) is 41.5 Å². The van der Waals surface area contributed by atoms with E-state index in [0.29, 0.717) is 5.95 Å². The van der Waals surface area contributed by atoms with E-state index < -0.39 is 0 Å². The van der Waals surface area contributed by atoms with Crippen LogP contribution in [0.4, 0.5) is 11.8 Å². The molecule has 3 rings (SSSR count). The predicted octanol–water partition coefficient (Wildman–Crippen LogP) is 2.42. The molecule has 0 unspecified atom stereocenters. The number of nitrogens with two attached hydrogens (primary N) is 1.